The molecule has 0 bridgehead atoms. The van der Waals surface area contributed by atoms with Crippen molar-refractivity contribution in [2.45, 2.75) is 200 Å². The molecule has 0 aliphatic rings. The third kappa shape index (κ3) is 34.9. The molecule has 5 nitrogen and oxygen atoms in total. The zero-order chi connectivity index (χ0) is 32.2. The highest BCUT2D eigenvalue weighted by atomic mass is 16.5. The molecule has 0 amide bonds. The van der Waals surface area contributed by atoms with Crippen LogP contribution >= 0.6 is 0 Å². The summed E-state index contributed by atoms with van der Waals surface area (Å²) in [5.74, 6) is -0.421. The summed E-state index contributed by atoms with van der Waals surface area (Å²) >= 11 is 0. The van der Waals surface area contributed by atoms with Crippen molar-refractivity contribution < 1.29 is 19.1 Å². The first-order valence-electron chi connectivity index (χ1n) is 19.0. The number of ether oxygens (including phenoxy) is 2. The molecule has 0 unspecified atom stereocenters. The largest absolute Gasteiger partial charge is 0.464 e. The molecule has 0 aromatic carbocycles. The maximum Gasteiger partial charge on any atom is 0.305 e. The SMILES string of the molecule is CCCCCCCC/C=C\CCCCCCCC(=O)OCC(N)COC(=O)CCCCCCC/C=C\CCCCCCCC. The first-order valence-corrected chi connectivity index (χ1v) is 19.0. The number of esters is 2. The normalized spacial score (nSPS) is 11.7. The van der Waals surface area contributed by atoms with E-state index in [1.807, 2.05) is 0 Å². The summed E-state index contributed by atoms with van der Waals surface area (Å²) in [7, 11) is 0. The topological polar surface area (TPSA) is 78.6 Å². The Labute approximate surface area is 273 Å². The average Bonchev–Trinajstić information content (AvgIpc) is 3.02. The molecule has 258 valence electrons. The fourth-order valence-electron chi connectivity index (χ4n) is 5.27. The molecule has 0 spiro atoms. The minimum absolute atomic E-state index is 0.102. The van der Waals surface area contributed by atoms with E-state index in [9.17, 15) is 9.59 Å². The van der Waals surface area contributed by atoms with Crippen LogP contribution in [0.25, 0.3) is 0 Å². The Balaban J connectivity index is 3.45. The molecule has 0 atom stereocenters. The first-order chi connectivity index (χ1) is 21.6. The maximum absolute atomic E-state index is 12.0. The van der Waals surface area contributed by atoms with Gasteiger partial charge < -0.3 is 15.2 Å². The van der Waals surface area contributed by atoms with E-state index in [1.54, 1.807) is 0 Å². The number of hydrogen-bond acceptors (Lipinski definition) is 5. The number of carbonyl (C=O) groups excluding carboxylic acids is 2. The van der Waals surface area contributed by atoms with Gasteiger partial charge in [0.1, 0.15) is 13.2 Å². The van der Waals surface area contributed by atoms with E-state index in [-0.39, 0.29) is 25.2 Å². The van der Waals surface area contributed by atoms with Crippen LogP contribution in [-0.4, -0.2) is 31.2 Å². The molecule has 2 N–H and O–H groups in total. The summed E-state index contributed by atoms with van der Waals surface area (Å²) in [4.78, 5) is 24.0. The van der Waals surface area contributed by atoms with Crippen LogP contribution in [0, 0.1) is 0 Å². The standard InChI is InChI=1S/C39H73NO4/c1-3-5-7-9-11-13-15-17-19-21-23-25-27-29-31-33-38(41)43-35-37(40)36-44-39(42)34-32-30-28-26-24-22-20-18-16-14-12-10-8-6-4-2/h17-20,37H,3-16,21-36,40H2,1-2H3/b19-17-,20-18-. The van der Waals surface area contributed by atoms with Gasteiger partial charge in [0.2, 0.25) is 0 Å². The molecule has 5 heteroatoms. The lowest BCUT2D eigenvalue weighted by Crippen LogP contribution is -2.33. The lowest BCUT2D eigenvalue weighted by molar-refractivity contribution is -0.147. The summed E-state index contributed by atoms with van der Waals surface area (Å²) in [5, 5.41) is 0. The van der Waals surface area contributed by atoms with Crippen molar-refractivity contribution in [3.63, 3.8) is 0 Å². The fraction of sp³-hybridized carbons (Fsp3) is 0.846. The Kier molecular flexibility index (Phi) is 34.5. The molecule has 0 aliphatic carbocycles. The predicted molar refractivity (Wildman–Crippen MR) is 189 cm³/mol. The summed E-state index contributed by atoms with van der Waals surface area (Å²) in [6.45, 7) is 4.73. The second-order valence-corrected chi connectivity index (χ2v) is 12.8. The van der Waals surface area contributed by atoms with Gasteiger partial charge >= 0.3 is 11.9 Å². The van der Waals surface area contributed by atoms with Gasteiger partial charge in [-0.2, -0.15) is 0 Å². The molecule has 0 rings (SSSR count). The van der Waals surface area contributed by atoms with Crippen LogP contribution in [-0.2, 0) is 19.1 Å². The van der Waals surface area contributed by atoms with Gasteiger partial charge in [-0.15, -0.1) is 0 Å². The monoisotopic (exact) mass is 620 g/mol. The molecule has 0 radical (unpaired) electrons. The second kappa shape index (κ2) is 35.9. The summed E-state index contributed by atoms with van der Waals surface area (Å²) < 4.78 is 10.6. The molecule has 0 fully saturated rings. The fourth-order valence-corrected chi connectivity index (χ4v) is 5.27. The smallest absolute Gasteiger partial charge is 0.305 e. The van der Waals surface area contributed by atoms with Gasteiger partial charge in [0.05, 0.1) is 6.04 Å². The predicted octanol–water partition coefficient (Wildman–Crippen LogP) is 11.5. The van der Waals surface area contributed by atoms with Crippen LogP contribution in [0.3, 0.4) is 0 Å². The van der Waals surface area contributed by atoms with E-state index in [2.05, 4.69) is 38.2 Å². The number of unbranched alkanes of at least 4 members (excludes halogenated alkanes) is 22. The highest BCUT2D eigenvalue weighted by molar-refractivity contribution is 5.69. The highest BCUT2D eigenvalue weighted by Crippen LogP contribution is 2.12. The van der Waals surface area contributed by atoms with E-state index in [0.717, 1.165) is 51.4 Å². The van der Waals surface area contributed by atoms with Crippen LogP contribution < -0.4 is 5.73 Å². The zero-order valence-corrected chi connectivity index (χ0v) is 29.3. The Bertz CT molecular complexity index is 619. The Morgan fingerprint density at radius 2 is 0.727 bits per heavy atom. The molecular weight excluding hydrogens is 546 g/mol. The Hall–Kier alpha value is -1.62. The summed E-state index contributed by atoms with van der Waals surface area (Å²) in [6, 6.07) is -0.467. The van der Waals surface area contributed by atoms with Crippen LogP contribution in [0.4, 0.5) is 0 Å². The quantitative estimate of drug-likeness (QED) is 0.0440. The lowest BCUT2D eigenvalue weighted by Gasteiger charge is -2.13. The van der Waals surface area contributed by atoms with Gasteiger partial charge in [-0.05, 0) is 64.2 Å². The number of hydrogen-bond donors (Lipinski definition) is 1. The third-order valence-electron chi connectivity index (χ3n) is 8.20. The van der Waals surface area contributed by atoms with Crippen molar-refractivity contribution in [2.75, 3.05) is 13.2 Å². The number of allylic oxidation sites excluding steroid dienone is 4. The summed E-state index contributed by atoms with van der Waals surface area (Å²) in [6.07, 6.45) is 42.3. The van der Waals surface area contributed by atoms with Crippen molar-refractivity contribution in [3.05, 3.63) is 24.3 Å². The van der Waals surface area contributed by atoms with Crippen molar-refractivity contribution in [2.24, 2.45) is 5.73 Å². The molecule has 0 saturated heterocycles. The van der Waals surface area contributed by atoms with Gasteiger partial charge in [-0.25, -0.2) is 0 Å². The van der Waals surface area contributed by atoms with Gasteiger partial charge in [0.25, 0.3) is 0 Å². The first kappa shape index (κ1) is 42.4. The lowest BCUT2D eigenvalue weighted by atomic mass is 10.1. The van der Waals surface area contributed by atoms with Gasteiger partial charge in [-0.3, -0.25) is 9.59 Å². The minimum atomic E-state index is -0.467. The van der Waals surface area contributed by atoms with E-state index < -0.39 is 6.04 Å². The van der Waals surface area contributed by atoms with Crippen LogP contribution in [0.5, 0.6) is 0 Å². The van der Waals surface area contributed by atoms with Gasteiger partial charge in [0.15, 0.2) is 0 Å². The number of carbonyl (C=O) groups is 2. The average molecular weight is 620 g/mol. The summed E-state index contributed by atoms with van der Waals surface area (Å²) in [5.41, 5.74) is 5.98. The van der Waals surface area contributed by atoms with Crippen molar-refractivity contribution in [1.82, 2.24) is 0 Å². The van der Waals surface area contributed by atoms with E-state index in [4.69, 9.17) is 15.2 Å². The van der Waals surface area contributed by atoms with Crippen LogP contribution in [0.2, 0.25) is 0 Å². The molecule has 44 heavy (non-hydrogen) atoms. The maximum atomic E-state index is 12.0. The van der Waals surface area contributed by atoms with Crippen molar-refractivity contribution in [3.8, 4) is 0 Å². The Morgan fingerprint density at radius 1 is 0.455 bits per heavy atom. The molecule has 0 heterocycles. The highest BCUT2D eigenvalue weighted by Gasteiger charge is 2.11. The third-order valence-corrected chi connectivity index (χ3v) is 8.20. The number of nitrogens with two attached hydrogens (primary N) is 1. The number of rotatable bonds is 34. The van der Waals surface area contributed by atoms with Gasteiger partial charge in [-0.1, -0.05) is 141 Å². The Morgan fingerprint density at radius 3 is 1.05 bits per heavy atom. The molecule has 0 saturated carbocycles. The minimum Gasteiger partial charge on any atom is -0.464 e. The zero-order valence-electron chi connectivity index (χ0n) is 29.3. The molecule has 0 aromatic heterocycles. The van der Waals surface area contributed by atoms with Crippen LogP contribution in [0.15, 0.2) is 24.3 Å². The van der Waals surface area contributed by atoms with E-state index >= 15 is 0 Å². The van der Waals surface area contributed by atoms with E-state index in [0.29, 0.717) is 12.8 Å². The van der Waals surface area contributed by atoms with Crippen molar-refractivity contribution >= 4 is 11.9 Å². The van der Waals surface area contributed by atoms with Gasteiger partial charge in [0, 0.05) is 12.8 Å². The van der Waals surface area contributed by atoms with E-state index in [1.165, 1.54) is 116 Å². The molecule has 0 aromatic rings. The second-order valence-electron chi connectivity index (χ2n) is 12.8. The van der Waals surface area contributed by atoms with Crippen molar-refractivity contribution in [1.29, 1.82) is 0 Å². The molecular formula is C39H73NO4. The molecule has 0 aliphatic heterocycles. The van der Waals surface area contributed by atoms with Crippen LogP contribution in [0.1, 0.15) is 194 Å².